The molecule has 1 rings (SSSR count). The van der Waals surface area contributed by atoms with Gasteiger partial charge in [-0.25, -0.2) is 4.79 Å². The van der Waals surface area contributed by atoms with E-state index in [0.717, 1.165) is 0 Å². The van der Waals surface area contributed by atoms with Gasteiger partial charge in [0.15, 0.2) is 0 Å². The van der Waals surface area contributed by atoms with Crippen molar-refractivity contribution in [2.75, 3.05) is 19.6 Å². The molecule has 0 aromatic rings. The minimum atomic E-state index is -4.40. The van der Waals surface area contributed by atoms with E-state index in [4.69, 9.17) is 0 Å². The number of urea groups is 1. The Hall–Kier alpha value is -0.980. The van der Waals surface area contributed by atoms with Gasteiger partial charge in [0.05, 0.1) is 5.60 Å². The number of aliphatic hydroxyl groups is 1. The second kappa shape index (κ2) is 5.12. The Balaban J connectivity index is 2.42. The van der Waals surface area contributed by atoms with Gasteiger partial charge in [0.1, 0.15) is 6.54 Å². The Morgan fingerprint density at radius 3 is 2.65 bits per heavy atom. The first-order chi connectivity index (χ1) is 7.70. The molecule has 1 fully saturated rings. The summed E-state index contributed by atoms with van der Waals surface area (Å²) in [6, 6.07) is -0.722. The van der Waals surface area contributed by atoms with Crippen LogP contribution in [-0.4, -0.2) is 47.4 Å². The third-order valence-electron chi connectivity index (χ3n) is 2.79. The van der Waals surface area contributed by atoms with E-state index in [-0.39, 0.29) is 6.54 Å². The van der Waals surface area contributed by atoms with E-state index in [9.17, 15) is 23.1 Å². The summed E-state index contributed by atoms with van der Waals surface area (Å²) < 4.78 is 35.7. The fourth-order valence-corrected chi connectivity index (χ4v) is 1.75. The van der Waals surface area contributed by atoms with Gasteiger partial charge in [0.2, 0.25) is 0 Å². The number of hydrogen-bond donors (Lipinski definition) is 2. The SMILES string of the molecule is CC1(O)CCCN(C(=O)NCC(F)(F)F)CC1. The zero-order chi connectivity index (χ0) is 13.1. The highest BCUT2D eigenvalue weighted by molar-refractivity contribution is 5.74. The molecule has 100 valence electrons. The summed E-state index contributed by atoms with van der Waals surface area (Å²) in [7, 11) is 0. The zero-order valence-electron chi connectivity index (χ0n) is 9.68. The Morgan fingerprint density at radius 2 is 2.06 bits per heavy atom. The summed E-state index contributed by atoms with van der Waals surface area (Å²) in [6.07, 6.45) is -2.87. The second-order valence-electron chi connectivity index (χ2n) is 4.61. The topological polar surface area (TPSA) is 52.6 Å². The van der Waals surface area contributed by atoms with Crippen molar-refractivity contribution >= 4 is 6.03 Å². The highest BCUT2D eigenvalue weighted by Crippen LogP contribution is 2.21. The number of nitrogens with zero attached hydrogens (tertiary/aromatic N) is 1. The second-order valence-corrected chi connectivity index (χ2v) is 4.61. The summed E-state index contributed by atoms with van der Waals surface area (Å²) in [5.41, 5.74) is -0.834. The van der Waals surface area contributed by atoms with Crippen molar-refractivity contribution in [3.05, 3.63) is 0 Å². The van der Waals surface area contributed by atoms with E-state index in [1.165, 1.54) is 4.90 Å². The highest BCUT2D eigenvalue weighted by Gasteiger charge is 2.30. The molecule has 1 saturated heterocycles. The molecule has 0 spiro atoms. The van der Waals surface area contributed by atoms with Gasteiger partial charge in [-0.1, -0.05) is 0 Å². The molecule has 17 heavy (non-hydrogen) atoms. The molecule has 7 heteroatoms. The number of halogens is 3. The number of rotatable bonds is 1. The Morgan fingerprint density at radius 1 is 1.41 bits per heavy atom. The van der Waals surface area contributed by atoms with Crippen molar-refractivity contribution in [2.24, 2.45) is 0 Å². The van der Waals surface area contributed by atoms with E-state index < -0.39 is 24.4 Å². The number of amides is 2. The van der Waals surface area contributed by atoms with E-state index in [1.54, 1.807) is 6.92 Å². The summed E-state index contributed by atoms with van der Waals surface area (Å²) in [5.74, 6) is 0. The van der Waals surface area contributed by atoms with Crippen molar-refractivity contribution < 1.29 is 23.1 Å². The largest absolute Gasteiger partial charge is 0.405 e. The molecule has 0 aliphatic carbocycles. The van der Waals surface area contributed by atoms with Crippen LogP contribution in [0.3, 0.4) is 0 Å². The molecular weight excluding hydrogens is 237 g/mol. The van der Waals surface area contributed by atoms with Crippen LogP contribution in [0.2, 0.25) is 0 Å². The lowest BCUT2D eigenvalue weighted by molar-refractivity contribution is -0.123. The first-order valence-corrected chi connectivity index (χ1v) is 5.51. The molecule has 1 aliphatic rings. The lowest BCUT2D eigenvalue weighted by atomic mass is 9.98. The van der Waals surface area contributed by atoms with Crippen LogP contribution in [0.5, 0.6) is 0 Å². The lowest BCUT2D eigenvalue weighted by Gasteiger charge is -2.23. The summed E-state index contributed by atoms with van der Waals surface area (Å²) in [5, 5.41) is 11.6. The quantitative estimate of drug-likeness (QED) is 0.745. The van der Waals surface area contributed by atoms with Gasteiger partial charge in [-0.05, 0) is 26.2 Å². The molecular formula is C10H17F3N2O2. The molecule has 0 bridgehead atoms. The molecule has 1 aliphatic heterocycles. The highest BCUT2D eigenvalue weighted by atomic mass is 19.4. The maximum atomic E-state index is 11.9. The third-order valence-corrected chi connectivity index (χ3v) is 2.79. The Labute approximate surface area is 97.8 Å². The molecule has 2 amide bonds. The molecule has 2 N–H and O–H groups in total. The van der Waals surface area contributed by atoms with Crippen LogP contribution in [0.1, 0.15) is 26.2 Å². The predicted molar refractivity (Wildman–Crippen MR) is 55.5 cm³/mol. The van der Waals surface area contributed by atoms with Crippen LogP contribution in [0, 0.1) is 0 Å². The minimum absolute atomic E-state index is 0.274. The first-order valence-electron chi connectivity index (χ1n) is 5.51. The van der Waals surface area contributed by atoms with Crippen molar-refractivity contribution in [1.29, 1.82) is 0 Å². The van der Waals surface area contributed by atoms with E-state index in [1.807, 2.05) is 5.32 Å². The molecule has 4 nitrogen and oxygen atoms in total. The van der Waals surface area contributed by atoms with E-state index in [2.05, 4.69) is 0 Å². The number of carbonyl (C=O) groups excluding carboxylic acids is 1. The van der Waals surface area contributed by atoms with Crippen molar-refractivity contribution in [1.82, 2.24) is 10.2 Å². The van der Waals surface area contributed by atoms with Crippen LogP contribution in [0.25, 0.3) is 0 Å². The van der Waals surface area contributed by atoms with Crippen LogP contribution in [-0.2, 0) is 0 Å². The average molecular weight is 254 g/mol. The van der Waals surface area contributed by atoms with Gasteiger partial charge in [-0.2, -0.15) is 13.2 Å². The Bertz CT molecular complexity index is 279. The van der Waals surface area contributed by atoms with Gasteiger partial charge in [-0.3, -0.25) is 0 Å². The maximum absolute atomic E-state index is 11.9. The number of carbonyl (C=O) groups is 1. The predicted octanol–water partition coefficient (Wildman–Crippen LogP) is 1.50. The lowest BCUT2D eigenvalue weighted by Crippen LogP contribution is -2.44. The number of nitrogens with one attached hydrogen (secondary N) is 1. The van der Waals surface area contributed by atoms with E-state index >= 15 is 0 Å². The smallest absolute Gasteiger partial charge is 0.390 e. The molecule has 1 atom stereocenters. The number of hydrogen-bond acceptors (Lipinski definition) is 2. The van der Waals surface area contributed by atoms with Gasteiger partial charge < -0.3 is 15.3 Å². The van der Waals surface area contributed by atoms with Crippen LogP contribution in [0.4, 0.5) is 18.0 Å². The molecule has 0 saturated carbocycles. The van der Waals surface area contributed by atoms with Crippen LogP contribution < -0.4 is 5.32 Å². The van der Waals surface area contributed by atoms with Crippen LogP contribution in [0.15, 0.2) is 0 Å². The summed E-state index contributed by atoms with van der Waals surface area (Å²) >= 11 is 0. The fraction of sp³-hybridized carbons (Fsp3) is 0.900. The monoisotopic (exact) mass is 254 g/mol. The molecule has 0 radical (unpaired) electrons. The van der Waals surface area contributed by atoms with Gasteiger partial charge in [0, 0.05) is 13.1 Å². The van der Waals surface area contributed by atoms with Crippen molar-refractivity contribution in [2.45, 2.75) is 38.0 Å². The van der Waals surface area contributed by atoms with Gasteiger partial charge in [0.25, 0.3) is 0 Å². The molecule has 1 unspecified atom stereocenters. The maximum Gasteiger partial charge on any atom is 0.405 e. The summed E-state index contributed by atoms with van der Waals surface area (Å²) in [4.78, 5) is 12.8. The standard InChI is InChI=1S/C10H17F3N2O2/c1-9(17)3-2-5-15(6-4-9)8(16)14-7-10(11,12)13/h17H,2-7H2,1H3,(H,14,16). The van der Waals surface area contributed by atoms with Crippen LogP contribution >= 0.6 is 0 Å². The van der Waals surface area contributed by atoms with Crippen molar-refractivity contribution in [3.8, 4) is 0 Å². The summed E-state index contributed by atoms with van der Waals surface area (Å²) in [6.45, 7) is 0.999. The normalized spacial score (nSPS) is 26.5. The Kier molecular flexibility index (Phi) is 4.24. The minimum Gasteiger partial charge on any atom is -0.390 e. The zero-order valence-corrected chi connectivity index (χ0v) is 9.68. The first kappa shape index (κ1) is 14.1. The van der Waals surface area contributed by atoms with Gasteiger partial charge in [-0.15, -0.1) is 0 Å². The molecule has 0 aromatic heterocycles. The van der Waals surface area contributed by atoms with E-state index in [0.29, 0.717) is 25.8 Å². The number of alkyl halides is 3. The number of likely N-dealkylation sites (tertiary alicyclic amines) is 1. The van der Waals surface area contributed by atoms with Crippen molar-refractivity contribution in [3.63, 3.8) is 0 Å². The fourth-order valence-electron chi connectivity index (χ4n) is 1.75. The molecule has 1 heterocycles. The average Bonchev–Trinajstić information content (AvgIpc) is 2.35. The van der Waals surface area contributed by atoms with Gasteiger partial charge >= 0.3 is 12.2 Å². The third kappa shape index (κ3) is 5.25. The molecule has 0 aromatic carbocycles.